The molecule has 2 rings (SSSR count). The molecule has 1 heterocycles. The fourth-order valence-corrected chi connectivity index (χ4v) is 4.27. The normalized spacial score (nSPS) is 31.8. The van der Waals surface area contributed by atoms with Gasteiger partial charge in [-0.2, -0.15) is 0 Å². The number of fused-ring (bicyclic) bond motifs is 1. The van der Waals surface area contributed by atoms with Crippen molar-refractivity contribution in [1.29, 1.82) is 0 Å². The number of likely N-dealkylation sites (tertiary alicyclic amines) is 1. The van der Waals surface area contributed by atoms with Gasteiger partial charge in [-0.1, -0.05) is 20.3 Å². The van der Waals surface area contributed by atoms with E-state index in [2.05, 4.69) is 53.4 Å². The number of hydrogen-bond acceptors (Lipinski definition) is 1. The lowest BCUT2D eigenvalue weighted by Crippen LogP contribution is -2.50. The summed E-state index contributed by atoms with van der Waals surface area (Å²) in [4.78, 5) is 7.80. The molecule has 1 aliphatic carbocycles. The van der Waals surface area contributed by atoms with Crippen LogP contribution < -0.4 is 0 Å². The van der Waals surface area contributed by atoms with Crippen molar-refractivity contribution >= 4 is 5.84 Å². The van der Waals surface area contributed by atoms with Crippen molar-refractivity contribution < 1.29 is 0 Å². The van der Waals surface area contributed by atoms with E-state index in [0.717, 1.165) is 5.92 Å². The second-order valence-corrected chi connectivity index (χ2v) is 9.68. The van der Waals surface area contributed by atoms with Crippen LogP contribution in [0.1, 0.15) is 87.0 Å². The summed E-state index contributed by atoms with van der Waals surface area (Å²) in [7, 11) is 0. The van der Waals surface area contributed by atoms with Crippen LogP contribution >= 0.6 is 0 Å². The zero-order valence-electron chi connectivity index (χ0n) is 16.1. The summed E-state index contributed by atoms with van der Waals surface area (Å²) < 4.78 is 0. The van der Waals surface area contributed by atoms with Crippen molar-refractivity contribution in [2.45, 2.75) is 98.6 Å². The average Bonchev–Trinajstić information content (AvgIpc) is 2.34. The van der Waals surface area contributed by atoms with E-state index in [1.54, 1.807) is 0 Å². The van der Waals surface area contributed by atoms with Gasteiger partial charge in [-0.15, -0.1) is 0 Å². The molecule has 0 amide bonds. The lowest BCUT2D eigenvalue weighted by Gasteiger charge is -2.46. The molecule has 1 saturated carbocycles. The van der Waals surface area contributed by atoms with Crippen LogP contribution in [0, 0.1) is 17.3 Å². The molecule has 0 bridgehead atoms. The Balaban J connectivity index is 2.27. The highest BCUT2D eigenvalue weighted by atomic mass is 15.2. The highest BCUT2D eigenvalue weighted by molar-refractivity contribution is 5.86. The van der Waals surface area contributed by atoms with Crippen molar-refractivity contribution in [2.24, 2.45) is 22.2 Å². The monoisotopic (exact) mass is 306 g/mol. The third-order valence-electron chi connectivity index (χ3n) is 5.57. The van der Waals surface area contributed by atoms with E-state index >= 15 is 0 Å². The molecule has 2 aliphatic rings. The van der Waals surface area contributed by atoms with Gasteiger partial charge >= 0.3 is 0 Å². The van der Waals surface area contributed by atoms with E-state index in [-0.39, 0.29) is 5.54 Å². The minimum absolute atomic E-state index is 0.0337. The maximum absolute atomic E-state index is 5.21. The molecule has 128 valence electrons. The van der Waals surface area contributed by atoms with E-state index in [0.29, 0.717) is 17.4 Å². The molecule has 22 heavy (non-hydrogen) atoms. The summed E-state index contributed by atoms with van der Waals surface area (Å²) >= 11 is 0. The first-order chi connectivity index (χ1) is 10.1. The molecule has 1 saturated heterocycles. The highest BCUT2D eigenvalue weighted by Gasteiger charge is 2.38. The van der Waals surface area contributed by atoms with E-state index in [9.17, 15) is 0 Å². The molecule has 0 spiro atoms. The van der Waals surface area contributed by atoms with E-state index in [1.807, 2.05) is 0 Å². The molecule has 2 fully saturated rings. The third kappa shape index (κ3) is 4.49. The van der Waals surface area contributed by atoms with Gasteiger partial charge < -0.3 is 4.90 Å². The van der Waals surface area contributed by atoms with Gasteiger partial charge in [0.05, 0.1) is 5.54 Å². The van der Waals surface area contributed by atoms with Gasteiger partial charge in [0.2, 0.25) is 0 Å². The van der Waals surface area contributed by atoms with Crippen LogP contribution in [0.4, 0.5) is 0 Å². The number of rotatable bonds is 1. The fourth-order valence-electron chi connectivity index (χ4n) is 4.27. The van der Waals surface area contributed by atoms with E-state index in [1.165, 1.54) is 50.9 Å². The molecule has 0 aromatic heterocycles. The first kappa shape index (κ1) is 17.8. The maximum atomic E-state index is 5.21. The van der Waals surface area contributed by atoms with Crippen LogP contribution in [0.2, 0.25) is 0 Å². The third-order valence-corrected chi connectivity index (χ3v) is 5.57. The van der Waals surface area contributed by atoms with Gasteiger partial charge in [-0.25, -0.2) is 0 Å². The molecule has 2 heteroatoms. The number of amidine groups is 1. The molecule has 1 aliphatic heterocycles. The Morgan fingerprint density at radius 1 is 1.09 bits per heavy atom. The Morgan fingerprint density at radius 3 is 2.36 bits per heavy atom. The standard InChI is InChI=1S/C20H38N2/c1-15(2)22-14-11-16-10-13-20(6,7)12-8-9-17(16)18(22)21-19(3,4)5/h15-17H,8-14H2,1-7H3/b21-18-. The van der Waals surface area contributed by atoms with Gasteiger partial charge in [0.15, 0.2) is 0 Å². The van der Waals surface area contributed by atoms with Crippen LogP contribution in [0.25, 0.3) is 0 Å². The summed E-state index contributed by atoms with van der Waals surface area (Å²) in [5.74, 6) is 2.99. The zero-order chi connectivity index (χ0) is 16.5. The number of piperidine rings is 1. The number of aliphatic imine (C=N–C) groups is 1. The van der Waals surface area contributed by atoms with Gasteiger partial charge in [0.25, 0.3) is 0 Å². The number of hydrogen-bond donors (Lipinski definition) is 0. The fraction of sp³-hybridized carbons (Fsp3) is 0.950. The molecule has 0 radical (unpaired) electrons. The van der Waals surface area contributed by atoms with Crippen LogP contribution in [0.5, 0.6) is 0 Å². The van der Waals surface area contributed by atoms with Crippen molar-refractivity contribution in [2.75, 3.05) is 6.54 Å². The van der Waals surface area contributed by atoms with E-state index in [4.69, 9.17) is 4.99 Å². The van der Waals surface area contributed by atoms with Gasteiger partial charge in [0.1, 0.15) is 5.84 Å². The molecule has 2 nitrogen and oxygen atoms in total. The second-order valence-electron chi connectivity index (χ2n) is 9.68. The number of nitrogens with zero attached hydrogens (tertiary/aromatic N) is 2. The summed E-state index contributed by atoms with van der Waals surface area (Å²) in [5.41, 5.74) is 0.577. The summed E-state index contributed by atoms with van der Waals surface area (Å²) in [5, 5.41) is 0. The summed E-state index contributed by atoms with van der Waals surface area (Å²) in [6, 6.07) is 0.573. The Kier molecular flexibility index (Phi) is 5.29. The average molecular weight is 307 g/mol. The Labute approximate surface area is 138 Å². The predicted octanol–water partition coefficient (Wildman–Crippen LogP) is 5.52. The Bertz CT molecular complexity index is 400. The predicted molar refractivity (Wildman–Crippen MR) is 97.5 cm³/mol. The Morgan fingerprint density at radius 2 is 1.77 bits per heavy atom. The molecule has 0 N–H and O–H groups in total. The summed E-state index contributed by atoms with van der Waals surface area (Å²) in [6.45, 7) is 17.5. The lowest BCUT2D eigenvalue weighted by atomic mass is 9.70. The highest BCUT2D eigenvalue weighted by Crippen LogP contribution is 2.42. The topological polar surface area (TPSA) is 15.6 Å². The van der Waals surface area contributed by atoms with Crippen LogP contribution in [-0.4, -0.2) is 28.9 Å². The first-order valence-corrected chi connectivity index (χ1v) is 9.45. The quantitative estimate of drug-likeness (QED) is 0.622. The van der Waals surface area contributed by atoms with Crippen molar-refractivity contribution in [3.05, 3.63) is 0 Å². The molecule has 2 unspecified atom stereocenters. The molecule has 0 aromatic rings. The van der Waals surface area contributed by atoms with Crippen molar-refractivity contribution in [3.8, 4) is 0 Å². The molecular formula is C20H38N2. The Hall–Kier alpha value is -0.530. The van der Waals surface area contributed by atoms with Gasteiger partial charge in [-0.05, 0) is 78.1 Å². The maximum Gasteiger partial charge on any atom is 0.103 e. The first-order valence-electron chi connectivity index (χ1n) is 9.45. The van der Waals surface area contributed by atoms with Crippen LogP contribution in [-0.2, 0) is 0 Å². The van der Waals surface area contributed by atoms with Gasteiger partial charge in [-0.3, -0.25) is 4.99 Å². The van der Waals surface area contributed by atoms with Crippen LogP contribution in [0.15, 0.2) is 4.99 Å². The van der Waals surface area contributed by atoms with E-state index < -0.39 is 0 Å². The smallest absolute Gasteiger partial charge is 0.103 e. The van der Waals surface area contributed by atoms with Gasteiger partial charge in [0, 0.05) is 18.5 Å². The molecular weight excluding hydrogens is 268 g/mol. The lowest BCUT2D eigenvalue weighted by molar-refractivity contribution is 0.156. The molecule has 0 aromatic carbocycles. The minimum atomic E-state index is 0.0337. The summed E-state index contributed by atoms with van der Waals surface area (Å²) in [6.07, 6.45) is 8.23. The molecule has 2 atom stereocenters. The largest absolute Gasteiger partial charge is 0.358 e. The van der Waals surface area contributed by atoms with Crippen molar-refractivity contribution in [3.63, 3.8) is 0 Å². The van der Waals surface area contributed by atoms with Crippen molar-refractivity contribution in [1.82, 2.24) is 4.90 Å². The zero-order valence-corrected chi connectivity index (χ0v) is 16.1. The second kappa shape index (κ2) is 6.53. The van der Waals surface area contributed by atoms with Crippen LogP contribution in [0.3, 0.4) is 0 Å². The SMILES string of the molecule is CC(C)N1CCC2CCC(C)(C)CCCC2/C1=N/C(C)(C)C. The minimum Gasteiger partial charge on any atom is -0.358 e.